The SMILES string of the molecule is Cc1c(NC(=O)c2ccnn2C)ccc(Br)c1F. The first kappa shape index (κ1) is 12.8. The second-order valence-electron chi connectivity index (χ2n) is 3.83. The molecule has 1 N–H and O–H groups in total. The van der Waals surface area contributed by atoms with Crippen LogP contribution >= 0.6 is 15.9 Å². The van der Waals surface area contributed by atoms with E-state index in [9.17, 15) is 9.18 Å². The van der Waals surface area contributed by atoms with Gasteiger partial charge in [-0.3, -0.25) is 9.48 Å². The Bertz CT molecular complexity index is 609. The third-order valence-corrected chi connectivity index (χ3v) is 3.25. The van der Waals surface area contributed by atoms with Crippen LogP contribution in [0.4, 0.5) is 10.1 Å². The molecule has 2 rings (SSSR count). The third kappa shape index (κ3) is 2.28. The van der Waals surface area contributed by atoms with Gasteiger partial charge in [0, 0.05) is 24.5 Å². The molecule has 0 bridgehead atoms. The number of nitrogens with zero attached hydrogens (tertiary/aromatic N) is 2. The van der Waals surface area contributed by atoms with Gasteiger partial charge in [-0.2, -0.15) is 5.10 Å². The molecule has 0 spiro atoms. The van der Waals surface area contributed by atoms with Gasteiger partial charge in [-0.25, -0.2) is 4.39 Å². The maximum Gasteiger partial charge on any atom is 0.273 e. The van der Waals surface area contributed by atoms with Crippen molar-refractivity contribution < 1.29 is 9.18 Å². The summed E-state index contributed by atoms with van der Waals surface area (Å²) < 4.78 is 15.5. The van der Waals surface area contributed by atoms with E-state index in [4.69, 9.17) is 0 Å². The zero-order chi connectivity index (χ0) is 13.3. The molecule has 1 aromatic heterocycles. The molecule has 2 aromatic rings. The van der Waals surface area contributed by atoms with Gasteiger partial charge in [-0.1, -0.05) is 0 Å². The van der Waals surface area contributed by atoms with Crippen LogP contribution in [-0.2, 0) is 7.05 Å². The molecule has 0 saturated carbocycles. The summed E-state index contributed by atoms with van der Waals surface area (Å²) in [5.74, 6) is -0.697. The van der Waals surface area contributed by atoms with Crippen molar-refractivity contribution in [3.63, 3.8) is 0 Å². The van der Waals surface area contributed by atoms with Crippen molar-refractivity contribution in [3.8, 4) is 0 Å². The lowest BCUT2D eigenvalue weighted by atomic mass is 10.2. The van der Waals surface area contributed by atoms with E-state index < -0.39 is 0 Å². The number of aryl methyl sites for hydroxylation is 1. The lowest BCUT2D eigenvalue weighted by molar-refractivity contribution is 0.101. The van der Waals surface area contributed by atoms with Crippen LogP contribution in [0.2, 0.25) is 0 Å². The number of hydrogen-bond acceptors (Lipinski definition) is 2. The molecule has 0 saturated heterocycles. The van der Waals surface area contributed by atoms with Gasteiger partial charge in [-0.15, -0.1) is 0 Å². The number of anilines is 1. The number of benzene rings is 1. The number of carbonyl (C=O) groups excluding carboxylic acids is 1. The van der Waals surface area contributed by atoms with E-state index in [1.165, 1.54) is 10.9 Å². The molecule has 0 unspecified atom stereocenters. The van der Waals surface area contributed by atoms with Crippen molar-refractivity contribution in [1.82, 2.24) is 9.78 Å². The number of hydrogen-bond donors (Lipinski definition) is 1. The van der Waals surface area contributed by atoms with E-state index >= 15 is 0 Å². The maximum absolute atomic E-state index is 13.6. The number of rotatable bonds is 2. The number of amides is 1. The van der Waals surface area contributed by atoms with Crippen LogP contribution < -0.4 is 5.32 Å². The first-order valence-electron chi connectivity index (χ1n) is 5.24. The first-order valence-corrected chi connectivity index (χ1v) is 6.04. The fourth-order valence-electron chi connectivity index (χ4n) is 1.57. The Morgan fingerprint density at radius 3 is 2.78 bits per heavy atom. The van der Waals surface area contributed by atoms with Crippen molar-refractivity contribution in [3.05, 3.63) is 45.9 Å². The number of aromatic nitrogens is 2. The van der Waals surface area contributed by atoms with Crippen LogP contribution in [0.5, 0.6) is 0 Å². The van der Waals surface area contributed by atoms with Crippen molar-refractivity contribution in [1.29, 1.82) is 0 Å². The monoisotopic (exact) mass is 311 g/mol. The van der Waals surface area contributed by atoms with Gasteiger partial charge in [0.2, 0.25) is 0 Å². The second-order valence-corrected chi connectivity index (χ2v) is 4.68. The quantitative estimate of drug-likeness (QED) is 0.927. The average Bonchev–Trinajstić information content (AvgIpc) is 2.76. The van der Waals surface area contributed by atoms with Gasteiger partial charge in [0.15, 0.2) is 0 Å². The van der Waals surface area contributed by atoms with Gasteiger partial charge < -0.3 is 5.32 Å². The van der Waals surface area contributed by atoms with Crippen molar-refractivity contribution in [2.75, 3.05) is 5.32 Å². The molecule has 0 aliphatic carbocycles. The zero-order valence-corrected chi connectivity index (χ0v) is 11.5. The predicted octanol–water partition coefficient (Wildman–Crippen LogP) is 2.88. The summed E-state index contributed by atoms with van der Waals surface area (Å²) in [5, 5.41) is 6.57. The standard InChI is InChI=1S/C12H11BrFN3O/c1-7-9(4-3-8(13)11(7)14)16-12(18)10-5-6-15-17(10)2/h3-6H,1-2H3,(H,16,18). The molecule has 0 aliphatic heterocycles. The Labute approximate surface area is 112 Å². The Morgan fingerprint density at radius 1 is 1.44 bits per heavy atom. The lowest BCUT2D eigenvalue weighted by Gasteiger charge is -2.10. The van der Waals surface area contributed by atoms with Crippen LogP contribution in [0, 0.1) is 12.7 Å². The van der Waals surface area contributed by atoms with E-state index in [1.54, 1.807) is 32.2 Å². The molecular weight excluding hydrogens is 301 g/mol. The molecule has 0 fully saturated rings. The minimum atomic E-state index is -0.377. The Kier molecular flexibility index (Phi) is 3.47. The molecule has 6 heteroatoms. The summed E-state index contributed by atoms with van der Waals surface area (Å²) in [6.07, 6.45) is 1.53. The fraction of sp³-hybridized carbons (Fsp3) is 0.167. The highest BCUT2D eigenvalue weighted by Gasteiger charge is 2.13. The Hall–Kier alpha value is -1.69. The van der Waals surface area contributed by atoms with Gasteiger partial charge in [0.25, 0.3) is 5.91 Å². The molecule has 1 aromatic carbocycles. The molecule has 94 valence electrons. The van der Waals surface area contributed by atoms with Crippen LogP contribution in [0.3, 0.4) is 0 Å². The van der Waals surface area contributed by atoms with Crippen LogP contribution in [0.15, 0.2) is 28.9 Å². The Balaban J connectivity index is 2.28. The van der Waals surface area contributed by atoms with E-state index in [0.29, 0.717) is 21.4 Å². The highest BCUT2D eigenvalue weighted by atomic mass is 79.9. The predicted molar refractivity (Wildman–Crippen MR) is 70.0 cm³/mol. The molecule has 4 nitrogen and oxygen atoms in total. The van der Waals surface area contributed by atoms with Crippen molar-refractivity contribution >= 4 is 27.5 Å². The van der Waals surface area contributed by atoms with Crippen molar-refractivity contribution in [2.45, 2.75) is 6.92 Å². The molecule has 18 heavy (non-hydrogen) atoms. The minimum absolute atomic E-state index is 0.320. The summed E-state index contributed by atoms with van der Waals surface area (Å²) in [6.45, 7) is 1.61. The van der Waals surface area contributed by atoms with Crippen LogP contribution in [0.25, 0.3) is 0 Å². The highest BCUT2D eigenvalue weighted by Crippen LogP contribution is 2.25. The maximum atomic E-state index is 13.6. The molecular formula is C12H11BrFN3O. The van der Waals surface area contributed by atoms with E-state index in [1.807, 2.05) is 0 Å². The van der Waals surface area contributed by atoms with Gasteiger partial charge >= 0.3 is 0 Å². The van der Waals surface area contributed by atoms with E-state index in [-0.39, 0.29) is 11.7 Å². The molecule has 0 radical (unpaired) electrons. The number of nitrogens with one attached hydrogen (secondary N) is 1. The fourth-order valence-corrected chi connectivity index (χ4v) is 2.00. The molecule has 1 heterocycles. The number of carbonyl (C=O) groups is 1. The minimum Gasteiger partial charge on any atom is -0.320 e. The lowest BCUT2D eigenvalue weighted by Crippen LogP contribution is -2.17. The Morgan fingerprint density at radius 2 is 2.17 bits per heavy atom. The van der Waals surface area contributed by atoms with Gasteiger partial charge in [0.1, 0.15) is 11.5 Å². The summed E-state index contributed by atoms with van der Waals surface area (Å²) >= 11 is 3.09. The topological polar surface area (TPSA) is 46.9 Å². The van der Waals surface area contributed by atoms with Gasteiger partial charge in [-0.05, 0) is 41.1 Å². The van der Waals surface area contributed by atoms with E-state index in [0.717, 1.165) is 0 Å². The third-order valence-electron chi connectivity index (χ3n) is 2.64. The molecule has 0 aliphatic rings. The van der Waals surface area contributed by atoms with E-state index in [2.05, 4.69) is 26.3 Å². The summed E-state index contributed by atoms with van der Waals surface area (Å²) in [4.78, 5) is 11.9. The molecule has 0 atom stereocenters. The normalized spacial score (nSPS) is 10.4. The number of halogens is 2. The first-order chi connectivity index (χ1) is 8.50. The van der Waals surface area contributed by atoms with Crippen molar-refractivity contribution in [2.24, 2.45) is 7.05 Å². The largest absolute Gasteiger partial charge is 0.320 e. The molecule has 1 amide bonds. The second kappa shape index (κ2) is 4.89. The smallest absolute Gasteiger partial charge is 0.273 e. The highest BCUT2D eigenvalue weighted by molar-refractivity contribution is 9.10. The van der Waals surface area contributed by atoms with Crippen LogP contribution in [-0.4, -0.2) is 15.7 Å². The zero-order valence-electron chi connectivity index (χ0n) is 9.87. The van der Waals surface area contributed by atoms with Crippen LogP contribution in [0.1, 0.15) is 16.1 Å². The average molecular weight is 312 g/mol. The summed E-state index contributed by atoms with van der Waals surface area (Å²) in [6, 6.07) is 4.80. The van der Waals surface area contributed by atoms with Gasteiger partial charge in [0.05, 0.1) is 4.47 Å². The summed E-state index contributed by atoms with van der Waals surface area (Å²) in [5.41, 5.74) is 1.25. The summed E-state index contributed by atoms with van der Waals surface area (Å²) in [7, 11) is 1.67.